The highest BCUT2D eigenvalue weighted by atomic mass is 35.5. The molecular weight excluding hydrogens is 328 g/mol. The Labute approximate surface area is 144 Å². The molecule has 3 aromatic rings. The van der Waals surface area contributed by atoms with E-state index in [1.54, 1.807) is 0 Å². The number of carbonyl (C=O) groups is 1. The summed E-state index contributed by atoms with van der Waals surface area (Å²) in [4.78, 5) is 12.8. The Hall–Kier alpha value is -1.84. The van der Waals surface area contributed by atoms with Crippen molar-refractivity contribution in [3.63, 3.8) is 0 Å². The van der Waals surface area contributed by atoms with Gasteiger partial charge in [-0.05, 0) is 23.1 Å². The fourth-order valence-corrected chi connectivity index (χ4v) is 3.76. The summed E-state index contributed by atoms with van der Waals surface area (Å²) in [7, 11) is 0. The molecule has 1 aromatic heterocycles. The van der Waals surface area contributed by atoms with E-state index in [2.05, 4.69) is 26.0 Å². The number of halogens is 1. The molecule has 2 aromatic carbocycles. The van der Waals surface area contributed by atoms with Gasteiger partial charge in [-0.3, -0.25) is 0 Å². The van der Waals surface area contributed by atoms with Gasteiger partial charge in [0.1, 0.15) is 11.5 Å². The maximum absolute atomic E-state index is 12.3. The fourth-order valence-electron chi connectivity index (χ4n) is 2.36. The van der Waals surface area contributed by atoms with Crippen LogP contribution in [0.1, 0.15) is 40.6 Å². The second kappa shape index (κ2) is 6.73. The average molecular weight is 345 g/mol. The van der Waals surface area contributed by atoms with Gasteiger partial charge in [-0.1, -0.05) is 67.9 Å². The van der Waals surface area contributed by atoms with E-state index in [-0.39, 0.29) is 12.6 Å². The minimum atomic E-state index is -0.371. The van der Waals surface area contributed by atoms with Crippen molar-refractivity contribution >= 4 is 39.0 Å². The van der Waals surface area contributed by atoms with Gasteiger partial charge < -0.3 is 4.74 Å². The normalized spacial score (nSPS) is 11.1. The van der Waals surface area contributed by atoms with Crippen LogP contribution in [0.2, 0.25) is 5.02 Å². The quantitative estimate of drug-likeness (QED) is 0.540. The molecule has 0 saturated heterocycles. The molecule has 0 radical (unpaired) electrons. The standard InChI is InChI=1S/C19H17ClO2S/c1-12(2)14-9-7-13(8-10-14)11-22-19(21)18-17(20)15-5-3-4-6-16(15)23-18/h3-10,12H,11H2,1-2H3. The second-order valence-corrected chi connectivity index (χ2v) is 7.14. The Morgan fingerprint density at radius 1 is 1.13 bits per heavy atom. The van der Waals surface area contributed by atoms with E-state index in [4.69, 9.17) is 16.3 Å². The molecule has 0 spiro atoms. The van der Waals surface area contributed by atoms with Crippen LogP contribution in [0.4, 0.5) is 0 Å². The summed E-state index contributed by atoms with van der Waals surface area (Å²) in [5.74, 6) is 0.119. The van der Waals surface area contributed by atoms with Crippen molar-refractivity contribution in [1.29, 1.82) is 0 Å². The lowest BCUT2D eigenvalue weighted by atomic mass is 10.0. The Bertz CT molecular complexity index is 834. The van der Waals surface area contributed by atoms with Gasteiger partial charge in [0.05, 0.1) is 5.02 Å². The SMILES string of the molecule is CC(C)c1ccc(COC(=O)c2sc3ccccc3c2Cl)cc1. The van der Waals surface area contributed by atoms with E-state index in [1.165, 1.54) is 16.9 Å². The van der Waals surface area contributed by atoms with E-state index < -0.39 is 0 Å². The molecule has 118 valence electrons. The largest absolute Gasteiger partial charge is 0.457 e. The Morgan fingerprint density at radius 2 is 1.83 bits per heavy atom. The topological polar surface area (TPSA) is 26.3 Å². The van der Waals surface area contributed by atoms with Gasteiger partial charge in [0, 0.05) is 10.1 Å². The van der Waals surface area contributed by atoms with E-state index >= 15 is 0 Å². The maximum Gasteiger partial charge on any atom is 0.350 e. The molecule has 0 aliphatic carbocycles. The summed E-state index contributed by atoms with van der Waals surface area (Å²) in [6.07, 6.45) is 0. The molecule has 0 N–H and O–H groups in total. The van der Waals surface area contributed by atoms with Crippen molar-refractivity contribution < 1.29 is 9.53 Å². The highest BCUT2D eigenvalue weighted by Gasteiger charge is 2.18. The number of hydrogen-bond donors (Lipinski definition) is 0. The summed E-state index contributed by atoms with van der Waals surface area (Å²) >= 11 is 7.67. The van der Waals surface area contributed by atoms with Crippen LogP contribution in [-0.2, 0) is 11.3 Å². The molecule has 1 heterocycles. The lowest BCUT2D eigenvalue weighted by molar-refractivity contribution is 0.0479. The molecule has 3 rings (SSSR count). The minimum absolute atomic E-state index is 0.252. The maximum atomic E-state index is 12.3. The zero-order valence-electron chi connectivity index (χ0n) is 13.0. The van der Waals surface area contributed by atoms with Gasteiger partial charge >= 0.3 is 5.97 Å². The molecule has 0 aliphatic rings. The first kappa shape index (κ1) is 16.0. The van der Waals surface area contributed by atoms with E-state index in [9.17, 15) is 4.79 Å². The molecule has 0 bridgehead atoms. The number of benzene rings is 2. The Morgan fingerprint density at radius 3 is 2.48 bits per heavy atom. The fraction of sp³-hybridized carbons (Fsp3) is 0.211. The van der Waals surface area contributed by atoms with Gasteiger partial charge in [0.2, 0.25) is 0 Å². The third-order valence-corrected chi connectivity index (χ3v) is 5.39. The molecule has 0 fully saturated rings. The molecular formula is C19H17ClO2S. The highest BCUT2D eigenvalue weighted by Crippen LogP contribution is 2.35. The number of hydrogen-bond acceptors (Lipinski definition) is 3. The highest BCUT2D eigenvalue weighted by molar-refractivity contribution is 7.21. The van der Waals surface area contributed by atoms with Gasteiger partial charge in [-0.25, -0.2) is 4.79 Å². The molecule has 2 nitrogen and oxygen atoms in total. The second-order valence-electron chi connectivity index (χ2n) is 5.71. The van der Waals surface area contributed by atoms with Crippen LogP contribution in [0.5, 0.6) is 0 Å². The van der Waals surface area contributed by atoms with E-state index in [1.807, 2.05) is 36.4 Å². The van der Waals surface area contributed by atoms with Crippen molar-refractivity contribution in [3.8, 4) is 0 Å². The van der Waals surface area contributed by atoms with Crippen LogP contribution >= 0.6 is 22.9 Å². The van der Waals surface area contributed by atoms with Crippen molar-refractivity contribution in [2.75, 3.05) is 0 Å². The number of carbonyl (C=O) groups excluding carboxylic acids is 1. The van der Waals surface area contributed by atoms with Crippen LogP contribution in [0.3, 0.4) is 0 Å². The first-order chi connectivity index (χ1) is 11.1. The average Bonchev–Trinajstić information content (AvgIpc) is 2.90. The summed E-state index contributed by atoms with van der Waals surface area (Å²) in [5.41, 5.74) is 2.24. The summed E-state index contributed by atoms with van der Waals surface area (Å²) in [5, 5.41) is 1.37. The van der Waals surface area contributed by atoms with Gasteiger partial charge in [0.15, 0.2) is 0 Å². The Balaban J connectivity index is 1.72. The van der Waals surface area contributed by atoms with Gasteiger partial charge in [0.25, 0.3) is 0 Å². The molecule has 0 aliphatic heterocycles. The minimum Gasteiger partial charge on any atom is -0.457 e. The molecule has 0 saturated carbocycles. The molecule has 0 unspecified atom stereocenters. The monoisotopic (exact) mass is 344 g/mol. The molecule has 0 amide bonds. The van der Waals surface area contributed by atoms with Gasteiger partial charge in [-0.15, -0.1) is 11.3 Å². The first-order valence-corrected chi connectivity index (χ1v) is 8.68. The molecule has 0 atom stereocenters. The first-order valence-electron chi connectivity index (χ1n) is 7.49. The number of ether oxygens (including phenoxy) is 1. The third-order valence-electron chi connectivity index (χ3n) is 3.74. The van der Waals surface area contributed by atoms with Crippen LogP contribution in [0.15, 0.2) is 48.5 Å². The smallest absolute Gasteiger partial charge is 0.350 e. The molecule has 23 heavy (non-hydrogen) atoms. The summed E-state index contributed by atoms with van der Waals surface area (Å²) < 4.78 is 6.40. The van der Waals surface area contributed by atoms with Crippen molar-refractivity contribution in [2.24, 2.45) is 0 Å². The lowest BCUT2D eigenvalue weighted by Crippen LogP contribution is -2.04. The number of rotatable bonds is 4. The lowest BCUT2D eigenvalue weighted by Gasteiger charge is -2.07. The predicted octanol–water partition coefficient (Wildman–Crippen LogP) is 6.04. The van der Waals surface area contributed by atoms with Crippen LogP contribution in [-0.4, -0.2) is 5.97 Å². The summed E-state index contributed by atoms with van der Waals surface area (Å²) in [6, 6.07) is 15.8. The van der Waals surface area contributed by atoms with E-state index in [0.29, 0.717) is 15.8 Å². The van der Waals surface area contributed by atoms with Crippen LogP contribution < -0.4 is 0 Å². The predicted molar refractivity (Wildman–Crippen MR) is 96.5 cm³/mol. The third kappa shape index (κ3) is 3.41. The number of fused-ring (bicyclic) bond motifs is 1. The molecule has 4 heteroatoms. The Kier molecular flexibility index (Phi) is 4.69. The van der Waals surface area contributed by atoms with Crippen molar-refractivity contribution in [2.45, 2.75) is 26.4 Å². The number of esters is 1. The van der Waals surface area contributed by atoms with Crippen LogP contribution in [0, 0.1) is 0 Å². The van der Waals surface area contributed by atoms with Crippen molar-refractivity contribution in [1.82, 2.24) is 0 Å². The van der Waals surface area contributed by atoms with Crippen molar-refractivity contribution in [3.05, 3.63) is 69.6 Å². The zero-order chi connectivity index (χ0) is 16.4. The number of thiophene rings is 1. The van der Waals surface area contributed by atoms with Crippen LogP contribution in [0.25, 0.3) is 10.1 Å². The van der Waals surface area contributed by atoms with E-state index in [0.717, 1.165) is 15.6 Å². The zero-order valence-corrected chi connectivity index (χ0v) is 14.6. The van der Waals surface area contributed by atoms with Gasteiger partial charge in [-0.2, -0.15) is 0 Å². The summed E-state index contributed by atoms with van der Waals surface area (Å²) in [6.45, 7) is 4.55.